The van der Waals surface area contributed by atoms with E-state index in [2.05, 4.69) is 25.3 Å². The molecule has 0 aliphatic rings. The van der Waals surface area contributed by atoms with Gasteiger partial charge in [-0.1, -0.05) is 0 Å². The van der Waals surface area contributed by atoms with Crippen molar-refractivity contribution in [2.75, 3.05) is 25.3 Å². The molecule has 3 aromatic rings. The number of H-pyrrole nitrogens is 1. The molecule has 0 bridgehead atoms. The third-order valence-corrected chi connectivity index (χ3v) is 3.17. The third-order valence-electron chi connectivity index (χ3n) is 3.17. The van der Waals surface area contributed by atoms with Gasteiger partial charge in [-0.15, -0.1) is 0 Å². The Morgan fingerprint density at radius 1 is 1.14 bits per heavy atom. The fraction of sp³-hybridized carbons (Fsp3) is 0.214. The molecule has 0 radical (unpaired) electrons. The zero-order valence-corrected chi connectivity index (χ0v) is 12.3. The van der Waals surface area contributed by atoms with Crippen molar-refractivity contribution >= 4 is 22.9 Å². The largest absolute Gasteiger partial charge is 0.497 e. The van der Waals surface area contributed by atoms with Gasteiger partial charge in [-0.25, -0.2) is 4.98 Å². The van der Waals surface area contributed by atoms with E-state index >= 15 is 0 Å². The van der Waals surface area contributed by atoms with Crippen molar-refractivity contribution in [1.29, 1.82) is 0 Å². The Morgan fingerprint density at radius 3 is 2.55 bits per heavy atom. The molecule has 1 aromatic carbocycles. The number of nitrogens with one attached hydrogen (secondary N) is 2. The predicted octanol–water partition coefficient (Wildman–Crippen LogP) is 1.56. The highest BCUT2D eigenvalue weighted by atomic mass is 16.5. The van der Waals surface area contributed by atoms with E-state index in [0.717, 1.165) is 17.1 Å². The van der Waals surface area contributed by atoms with Crippen molar-refractivity contribution in [1.82, 2.24) is 19.9 Å². The number of imidazole rings is 1. The summed E-state index contributed by atoms with van der Waals surface area (Å²) in [6.07, 6.45) is 1.55. The van der Waals surface area contributed by atoms with Crippen LogP contribution in [0.5, 0.6) is 11.5 Å². The lowest BCUT2D eigenvalue weighted by atomic mass is 10.2. The highest BCUT2D eigenvalue weighted by Crippen LogP contribution is 2.24. The molecule has 0 unspecified atom stereocenters. The van der Waals surface area contributed by atoms with E-state index < -0.39 is 0 Å². The van der Waals surface area contributed by atoms with Crippen LogP contribution in [0.1, 0.15) is 5.56 Å². The molecular formula is C14H16N6O2. The molecule has 8 heteroatoms. The molecule has 0 spiro atoms. The van der Waals surface area contributed by atoms with Gasteiger partial charge in [0.25, 0.3) is 0 Å². The Balaban J connectivity index is 1.86. The summed E-state index contributed by atoms with van der Waals surface area (Å²) in [6.45, 7) is 0.520. The van der Waals surface area contributed by atoms with Gasteiger partial charge in [0, 0.05) is 12.6 Å². The highest BCUT2D eigenvalue weighted by molar-refractivity contribution is 5.83. The average molecular weight is 300 g/mol. The SMILES string of the molecule is COc1cc(CNc2nc(N)nc3[nH]cnc23)cc(OC)c1. The normalized spacial score (nSPS) is 10.6. The first-order valence-electron chi connectivity index (χ1n) is 6.62. The Morgan fingerprint density at radius 2 is 1.86 bits per heavy atom. The van der Waals surface area contributed by atoms with Gasteiger partial charge in [0.15, 0.2) is 11.5 Å². The number of rotatable bonds is 5. The van der Waals surface area contributed by atoms with Crippen LogP contribution in [0.25, 0.3) is 11.2 Å². The molecule has 114 valence electrons. The highest BCUT2D eigenvalue weighted by Gasteiger charge is 2.09. The number of anilines is 2. The van der Waals surface area contributed by atoms with Gasteiger partial charge in [-0.3, -0.25) is 0 Å². The first-order valence-corrected chi connectivity index (χ1v) is 6.62. The quantitative estimate of drug-likeness (QED) is 0.655. The fourth-order valence-electron chi connectivity index (χ4n) is 2.13. The van der Waals surface area contributed by atoms with Crippen LogP contribution in [0.3, 0.4) is 0 Å². The van der Waals surface area contributed by atoms with E-state index in [1.165, 1.54) is 0 Å². The molecular weight excluding hydrogens is 284 g/mol. The summed E-state index contributed by atoms with van der Waals surface area (Å²) in [7, 11) is 3.23. The smallest absolute Gasteiger partial charge is 0.224 e. The van der Waals surface area contributed by atoms with E-state index in [4.69, 9.17) is 15.2 Å². The number of hydrogen-bond acceptors (Lipinski definition) is 7. The average Bonchev–Trinajstić information content (AvgIpc) is 3.00. The van der Waals surface area contributed by atoms with Crippen LogP contribution in [0.15, 0.2) is 24.5 Å². The number of aromatic amines is 1. The van der Waals surface area contributed by atoms with Gasteiger partial charge in [0.2, 0.25) is 5.95 Å². The molecule has 2 aromatic heterocycles. The molecule has 22 heavy (non-hydrogen) atoms. The van der Waals surface area contributed by atoms with Crippen LogP contribution in [-0.2, 0) is 6.54 Å². The van der Waals surface area contributed by atoms with Crippen LogP contribution < -0.4 is 20.5 Å². The number of fused-ring (bicyclic) bond motifs is 1. The Bertz CT molecular complexity index is 779. The maximum atomic E-state index is 5.69. The first-order chi connectivity index (χ1) is 10.7. The molecule has 0 saturated carbocycles. The van der Waals surface area contributed by atoms with Crippen molar-refractivity contribution < 1.29 is 9.47 Å². The summed E-state index contributed by atoms with van der Waals surface area (Å²) in [5.74, 6) is 2.21. The molecule has 0 fully saturated rings. The lowest BCUT2D eigenvalue weighted by Gasteiger charge is -2.10. The number of nitrogens with zero attached hydrogens (tertiary/aromatic N) is 3. The Hall–Kier alpha value is -3.03. The van der Waals surface area contributed by atoms with Gasteiger partial charge in [-0.05, 0) is 17.7 Å². The summed E-state index contributed by atoms with van der Waals surface area (Å²) in [5, 5.41) is 3.21. The van der Waals surface area contributed by atoms with Crippen molar-refractivity contribution in [3.05, 3.63) is 30.1 Å². The van der Waals surface area contributed by atoms with E-state index in [9.17, 15) is 0 Å². The van der Waals surface area contributed by atoms with Crippen molar-refractivity contribution in [3.63, 3.8) is 0 Å². The van der Waals surface area contributed by atoms with Crippen molar-refractivity contribution in [2.24, 2.45) is 0 Å². The summed E-state index contributed by atoms with van der Waals surface area (Å²) < 4.78 is 10.5. The molecule has 0 atom stereocenters. The zero-order valence-electron chi connectivity index (χ0n) is 12.3. The van der Waals surface area contributed by atoms with Crippen LogP contribution in [-0.4, -0.2) is 34.2 Å². The predicted molar refractivity (Wildman–Crippen MR) is 83.0 cm³/mol. The number of nitrogen functional groups attached to an aromatic ring is 1. The number of aromatic nitrogens is 4. The third kappa shape index (κ3) is 2.71. The second-order valence-electron chi connectivity index (χ2n) is 4.60. The number of hydrogen-bond donors (Lipinski definition) is 3. The van der Waals surface area contributed by atoms with Crippen LogP contribution >= 0.6 is 0 Å². The zero-order chi connectivity index (χ0) is 15.5. The van der Waals surface area contributed by atoms with Crippen LogP contribution in [0, 0.1) is 0 Å². The molecule has 0 amide bonds. The monoisotopic (exact) mass is 300 g/mol. The van der Waals surface area contributed by atoms with E-state index in [0.29, 0.717) is 23.5 Å². The molecule has 2 heterocycles. The molecule has 8 nitrogen and oxygen atoms in total. The Kier molecular flexibility index (Phi) is 3.65. The van der Waals surface area contributed by atoms with E-state index in [-0.39, 0.29) is 5.95 Å². The van der Waals surface area contributed by atoms with E-state index in [1.54, 1.807) is 20.5 Å². The molecule has 4 N–H and O–H groups in total. The van der Waals surface area contributed by atoms with Crippen molar-refractivity contribution in [3.8, 4) is 11.5 Å². The number of benzene rings is 1. The minimum atomic E-state index is 0.183. The topological polar surface area (TPSA) is 111 Å². The number of methoxy groups -OCH3 is 2. The second kappa shape index (κ2) is 5.76. The van der Waals surface area contributed by atoms with Crippen LogP contribution in [0.4, 0.5) is 11.8 Å². The molecule has 3 rings (SSSR count). The first kappa shape index (κ1) is 13.9. The lowest BCUT2D eigenvalue weighted by Crippen LogP contribution is -2.05. The number of nitrogens with two attached hydrogens (primary N) is 1. The maximum Gasteiger partial charge on any atom is 0.224 e. The van der Waals surface area contributed by atoms with Gasteiger partial charge in [-0.2, -0.15) is 9.97 Å². The Labute approximate surface area is 126 Å². The standard InChI is InChI=1S/C14H16N6O2/c1-21-9-3-8(4-10(5-9)22-2)6-16-12-11-13(18-7-17-11)20-14(15)19-12/h3-5,7H,6H2,1-2H3,(H4,15,16,17,18,19,20). The van der Waals surface area contributed by atoms with Crippen molar-refractivity contribution in [2.45, 2.75) is 6.54 Å². The van der Waals surface area contributed by atoms with Gasteiger partial charge < -0.3 is 25.5 Å². The minimum Gasteiger partial charge on any atom is -0.497 e. The van der Waals surface area contributed by atoms with Gasteiger partial charge in [0.1, 0.15) is 17.0 Å². The molecule has 0 aliphatic carbocycles. The minimum absolute atomic E-state index is 0.183. The molecule has 0 aliphatic heterocycles. The summed E-state index contributed by atoms with van der Waals surface area (Å²) in [4.78, 5) is 15.4. The van der Waals surface area contributed by atoms with Gasteiger partial charge in [0.05, 0.1) is 20.5 Å². The maximum absolute atomic E-state index is 5.69. The summed E-state index contributed by atoms with van der Waals surface area (Å²) in [6, 6.07) is 5.65. The summed E-state index contributed by atoms with van der Waals surface area (Å²) in [5.41, 5.74) is 7.92. The summed E-state index contributed by atoms with van der Waals surface area (Å²) >= 11 is 0. The number of ether oxygens (including phenoxy) is 2. The lowest BCUT2D eigenvalue weighted by molar-refractivity contribution is 0.393. The van der Waals surface area contributed by atoms with Crippen LogP contribution in [0.2, 0.25) is 0 Å². The van der Waals surface area contributed by atoms with Gasteiger partial charge >= 0.3 is 0 Å². The fourth-order valence-corrected chi connectivity index (χ4v) is 2.13. The second-order valence-corrected chi connectivity index (χ2v) is 4.60. The molecule has 0 saturated heterocycles. The van der Waals surface area contributed by atoms with E-state index in [1.807, 2.05) is 18.2 Å².